The van der Waals surface area contributed by atoms with Crippen LogP contribution in [0.15, 0.2) is 24.5 Å². The molecule has 0 radical (unpaired) electrons. The number of hydrogen-bond acceptors (Lipinski definition) is 4. The van der Waals surface area contributed by atoms with Crippen molar-refractivity contribution in [3.05, 3.63) is 30.1 Å². The smallest absolute Gasteiger partial charge is 0.322 e. The van der Waals surface area contributed by atoms with Gasteiger partial charge in [0.2, 0.25) is 5.91 Å². The van der Waals surface area contributed by atoms with Crippen molar-refractivity contribution in [2.75, 3.05) is 20.1 Å². The summed E-state index contributed by atoms with van der Waals surface area (Å²) >= 11 is 0. The molecule has 18 heavy (non-hydrogen) atoms. The fourth-order valence-corrected chi connectivity index (χ4v) is 2.00. The van der Waals surface area contributed by atoms with Gasteiger partial charge < -0.3 is 10.0 Å². The highest BCUT2D eigenvalue weighted by molar-refractivity contribution is 5.83. The lowest BCUT2D eigenvalue weighted by molar-refractivity contribution is -0.151. The Bertz CT molecular complexity index is 449. The molecule has 1 atom stereocenters. The largest absolute Gasteiger partial charge is 0.480 e. The summed E-state index contributed by atoms with van der Waals surface area (Å²) in [6, 6.07) is 3.03. The number of pyridine rings is 1. The van der Waals surface area contributed by atoms with Crippen LogP contribution in [0.4, 0.5) is 0 Å². The maximum Gasteiger partial charge on any atom is 0.322 e. The number of piperazine rings is 1. The lowest BCUT2D eigenvalue weighted by atomic mass is 10.1. The van der Waals surface area contributed by atoms with Gasteiger partial charge >= 0.3 is 5.97 Å². The average molecular weight is 249 g/mol. The quantitative estimate of drug-likeness (QED) is 0.803. The van der Waals surface area contributed by atoms with Crippen LogP contribution in [-0.4, -0.2) is 57.9 Å². The Kier molecular flexibility index (Phi) is 3.57. The van der Waals surface area contributed by atoms with Gasteiger partial charge in [0.05, 0.1) is 6.54 Å². The monoisotopic (exact) mass is 249 g/mol. The summed E-state index contributed by atoms with van der Waals surface area (Å²) in [5.74, 6) is -0.958. The minimum absolute atomic E-state index is 0.0566. The molecule has 1 aliphatic rings. The number of carboxylic acids is 1. The second-order valence-corrected chi connectivity index (χ2v) is 4.40. The second-order valence-electron chi connectivity index (χ2n) is 4.40. The van der Waals surface area contributed by atoms with Crippen molar-refractivity contribution in [3.63, 3.8) is 0 Å². The van der Waals surface area contributed by atoms with Crippen molar-refractivity contribution < 1.29 is 14.7 Å². The van der Waals surface area contributed by atoms with E-state index in [4.69, 9.17) is 5.11 Å². The van der Waals surface area contributed by atoms with Crippen molar-refractivity contribution >= 4 is 11.9 Å². The Morgan fingerprint density at radius 2 is 2.39 bits per heavy atom. The van der Waals surface area contributed by atoms with E-state index in [2.05, 4.69) is 4.98 Å². The van der Waals surface area contributed by atoms with Crippen LogP contribution in [0.1, 0.15) is 5.56 Å². The number of carboxylic acid groups (broad SMARTS) is 1. The normalized spacial score (nSPS) is 21.1. The van der Waals surface area contributed by atoms with Gasteiger partial charge in [-0.3, -0.25) is 19.5 Å². The van der Waals surface area contributed by atoms with Gasteiger partial charge in [0.25, 0.3) is 0 Å². The number of aromatic nitrogens is 1. The molecule has 0 saturated carbocycles. The molecule has 6 heteroatoms. The molecule has 6 nitrogen and oxygen atoms in total. The number of carbonyl (C=O) groups excluding carboxylic acids is 1. The van der Waals surface area contributed by atoms with E-state index in [-0.39, 0.29) is 19.0 Å². The first-order valence-electron chi connectivity index (χ1n) is 5.67. The first-order valence-corrected chi connectivity index (χ1v) is 5.67. The van der Waals surface area contributed by atoms with E-state index in [1.807, 2.05) is 6.07 Å². The molecule has 2 heterocycles. The van der Waals surface area contributed by atoms with Crippen LogP contribution in [0, 0.1) is 0 Å². The van der Waals surface area contributed by atoms with Crippen LogP contribution in [0.2, 0.25) is 0 Å². The zero-order valence-corrected chi connectivity index (χ0v) is 10.1. The molecule has 1 aromatic rings. The standard InChI is InChI=1S/C12H15N3O3/c1-14-8-11(16)15(7-10(14)12(17)18)6-9-3-2-4-13-5-9/h2-5,10H,6-8H2,1H3,(H,17,18). The van der Waals surface area contributed by atoms with Crippen molar-refractivity contribution in [2.24, 2.45) is 0 Å². The molecule has 1 N–H and O–H groups in total. The molecule has 1 saturated heterocycles. The maximum absolute atomic E-state index is 11.8. The molecule has 0 aliphatic carbocycles. The summed E-state index contributed by atoms with van der Waals surface area (Å²) in [5, 5.41) is 9.09. The maximum atomic E-state index is 11.8. The summed E-state index contributed by atoms with van der Waals surface area (Å²) < 4.78 is 0. The lowest BCUT2D eigenvalue weighted by Crippen LogP contribution is -2.57. The third-order valence-corrected chi connectivity index (χ3v) is 3.04. The number of nitrogens with zero attached hydrogens (tertiary/aromatic N) is 3. The van der Waals surface area contributed by atoms with Gasteiger partial charge in [0, 0.05) is 25.5 Å². The lowest BCUT2D eigenvalue weighted by Gasteiger charge is -2.36. The van der Waals surface area contributed by atoms with Crippen LogP contribution < -0.4 is 0 Å². The predicted molar refractivity (Wildman–Crippen MR) is 63.7 cm³/mol. The van der Waals surface area contributed by atoms with Gasteiger partial charge in [-0.05, 0) is 18.7 Å². The highest BCUT2D eigenvalue weighted by Crippen LogP contribution is 2.12. The van der Waals surface area contributed by atoms with Gasteiger partial charge in [-0.15, -0.1) is 0 Å². The SMILES string of the molecule is CN1CC(=O)N(Cc2cccnc2)CC1C(=O)O. The average Bonchev–Trinajstić information content (AvgIpc) is 2.33. The van der Waals surface area contributed by atoms with Gasteiger partial charge in [0.1, 0.15) is 6.04 Å². The summed E-state index contributed by atoms with van der Waals surface area (Å²) in [6.07, 6.45) is 3.34. The Morgan fingerprint density at radius 1 is 1.61 bits per heavy atom. The molecule has 1 aliphatic heterocycles. The van der Waals surface area contributed by atoms with E-state index in [1.54, 1.807) is 35.3 Å². The zero-order chi connectivity index (χ0) is 13.1. The predicted octanol–water partition coefficient (Wildman–Crippen LogP) is -0.191. The summed E-state index contributed by atoms with van der Waals surface area (Å²) in [6.45, 7) is 0.751. The van der Waals surface area contributed by atoms with Gasteiger partial charge in [-0.1, -0.05) is 6.07 Å². The van der Waals surface area contributed by atoms with E-state index in [0.29, 0.717) is 6.54 Å². The molecular formula is C12H15N3O3. The second kappa shape index (κ2) is 5.14. The highest BCUT2D eigenvalue weighted by Gasteiger charge is 2.34. The minimum atomic E-state index is -0.902. The number of aliphatic carboxylic acids is 1. The van der Waals surface area contributed by atoms with E-state index in [0.717, 1.165) is 5.56 Å². The number of rotatable bonds is 3. The summed E-state index contributed by atoms with van der Waals surface area (Å²) in [5.41, 5.74) is 0.902. The Hall–Kier alpha value is -1.95. The number of carbonyl (C=O) groups is 2. The topological polar surface area (TPSA) is 73.7 Å². The first-order chi connectivity index (χ1) is 8.58. The minimum Gasteiger partial charge on any atom is -0.480 e. The van der Waals surface area contributed by atoms with Gasteiger partial charge in [-0.2, -0.15) is 0 Å². The summed E-state index contributed by atoms with van der Waals surface area (Å²) in [4.78, 5) is 30.0. The van der Waals surface area contributed by atoms with E-state index in [1.165, 1.54) is 0 Å². The van der Waals surface area contributed by atoms with Crippen LogP contribution in [0.3, 0.4) is 0 Å². The molecule has 96 valence electrons. The Balaban J connectivity index is 2.08. The van der Waals surface area contributed by atoms with Crippen molar-refractivity contribution in [2.45, 2.75) is 12.6 Å². The van der Waals surface area contributed by atoms with Crippen LogP contribution >= 0.6 is 0 Å². The fourth-order valence-electron chi connectivity index (χ4n) is 2.00. The third kappa shape index (κ3) is 2.65. The molecule has 0 spiro atoms. The molecule has 1 amide bonds. The van der Waals surface area contributed by atoms with Gasteiger partial charge in [0.15, 0.2) is 0 Å². The molecule has 1 unspecified atom stereocenters. The number of hydrogen-bond donors (Lipinski definition) is 1. The van der Waals surface area contributed by atoms with E-state index >= 15 is 0 Å². The third-order valence-electron chi connectivity index (χ3n) is 3.04. The number of likely N-dealkylation sites (N-methyl/N-ethyl adjacent to an activating group) is 1. The van der Waals surface area contributed by atoms with Crippen LogP contribution in [0.5, 0.6) is 0 Å². The van der Waals surface area contributed by atoms with Gasteiger partial charge in [-0.25, -0.2) is 0 Å². The van der Waals surface area contributed by atoms with Crippen molar-refractivity contribution in [3.8, 4) is 0 Å². The van der Waals surface area contributed by atoms with Crippen molar-refractivity contribution in [1.82, 2.24) is 14.8 Å². The molecular weight excluding hydrogens is 234 g/mol. The molecule has 1 fully saturated rings. The molecule has 2 rings (SSSR count). The van der Waals surface area contributed by atoms with E-state index in [9.17, 15) is 9.59 Å². The fraction of sp³-hybridized carbons (Fsp3) is 0.417. The van der Waals surface area contributed by atoms with E-state index < -0.39 is 12.0 Å². The first kappa shape index (κ1) is 12.5. The molecule has 0 aromatic carbocycles. The number of amides is 1. The molecule has 1 aromatic heterocycles. The highest BCUT2D eigenvalue weighted by atomic mass is 16.4. The molecule has 0 bridgehead atoms. The van der Waals surface area contributed by atoms with Crippen LogP contribution in [-0.2, 0) is 16.1 Å². The van der Waals surface area contributed by atoms with Crippen molar-refractivity contribution in [1.29, 1.82) is 0 Å². The Labute approximate surface area is 105 Å². The van der Waals surface area contributed by atoms with Crippen LogP contribution in [0.25, 0.3) is 0 Å². The zero-order valence-electron chi connectivity index (χ0n) is 10.1. The summed E-state index contributed by atoms with van der Waals surface area (Å²) in [7, 11) is 1.65. The Morgan fingerprint density at radius 3 is 3.00 bits per heavy atom.